The fourth-order valence-corrected chi connectivity index (χ4v) is 5.44. The Labute approximate surface area is 178 Å². The topological polar surface area (TPSA) is 52.9 Å². The van der Waals surface area contributed by atoms with E-state index in [1.807, 2.05) is 6.08 Å². The summed E-state index contributed by atoms with van der Waals surface area (Å²) in [4.78, 5) is 2.53. The van der Waals surface area contributed by atoms with Crippen molar-refractivity contribution in [1.29, 1.82) is 0 Å². The normalized spacial score (nSPS) is 31.3. The molecule has 0 radical (unpaired) electrons. The van der Waals surface area contributed by atoms with Crippen LogP contribution in [0.1, 0.15) is 71.1 Å². The summed E-state index contributed by atoms with van der Waals surface area (Å²) < 4.78 is 5.41. The molecule has 1 saturated carbocycles. The zero-order chi connectivity index (χ0) is 20.5. The number of aliphatic hydroxyl groups is 2. The molecule has 1 saturated heterocycles. The van der Waals surface area contributed by atoms with Crippen LogP contribution in [-0.2, 0) is 4.74 Å². The predicted molar refractivity (Wildman–Crippen MR) is 119 cm³/mol. The molecule has 1 aliphatic heterocycles. The molecule has 166 valence electrons. The molecular formula is C25H43NO3. The summed E-state index contributed by atoms with van der Waals surface area (Å²) in [5, 5.41) is 20.7. The Hall–Kier alpha value is -0.680. The Morgan fingerprint density at radius 1 is 1.17 bits per heavy atom. The lowest BCUT2D eigenvalue weighted by Crippen LogP contribution is -2.36. The molecule has 1 heterocycles. The highest BCUT2D eigenvalue weighted by Gasteiger charge is 2.43. The summed E-state index contributed by atoms with van der Waals surface area (Å²) in [6.45, 7) is 7.39. The van der Waals surface area contributed by atoms with Gasteiger partial charge in [0.2, 0.25) is 0 Å². The van der Waals surface area contributed by atoms with E-state index in [1.54, 1.807) is 5.57 Å². The maximum atomic E-state index is 10.5. The number of rotatable bonds is 12. The van der Waals surface area contributed by atoms with Crippen molar-refractivity contribution in [2.75, 3.05) is 32.8 Å². The quantitative estimate of drug-likeness (QED) is 0.375. The van der Waals surface area contributed by atoms with E-state index in [9.17, 15) is 10.2 Å². The number of aliphatic hydroxyl groups excluding tert-OH is 2. The van der Waals surface area contributed by atoms with Gasteiger partial charge in [-0.2, -0.15) is 0 Å². The van der Waals surface area contributed by atoms with Gasteiger partial charge in [-0.1, -0.05) is 56.4 Å². The lowest BCUT2D eigenvalue weighted by molar-refractivity contribution is 0.0371. The lowest BCUT2D eigenvalue weighted by Gasteiger charge is -2.26. The molecule has 0 aromatic carbocycles. The fourth-order valence-electron chi connectivity index (χ4n) is 5.44. The minimum absolute atomic E-state index is 0.218. The van der Waals surface area contributed by atoms with Gasteiger partial charge in [0, 0.05) is 19.0 Å². The molecule has 4 heteroatoms. The van der Waals surface area contributed by atoms with Crippen LogP contribution in [0.2, 0.25) is 0 Å². The molecule has 0 aromatic rings. The van der Waals surface area contributed by atoms with Crippen LogP contribution in [0.15, 0.2) is 23.8 Å². The molecule has 0 aromatic heterocycles. The first-order valence-corrected chi connectivity index (χ1v) is 12.2. The van der Waals surface area contributed by atoms with E-state index in [0.717, 1.165) is 52.0 Å². The molecule has 5 atom stereocenters. The molecule has 3 aliphatic rings. The number of morpholine rings is 1. The second kappa shape index (κ2) is 12.2. The van der Waals surface area contributed by atoms with E-state index in [2.05, 4.69) is 24.0 Å². The van der Waals surface area contributed by atoms with Crippen LogP contribution < -0.4 is 0 Å². The third kappa shape index (κ3) is 7.20. The third-order valence-corrected chi connectivity index (χ3v) is 7.18. The van der Waals surface area contributed by atoms with Gasteiger partial charge in [0.25, 0.3) is 0 Å². The standard InChI is InChI=1S/C25H43NO3/c1-2-3-5-9-22(27)10-11-23-24-18-20(17-21(24)19-25(23)28)8-6-4-7-12-26-13-15-29-16-14-26/h10-11,17,21-25,27-28H,2-9,12-16,18-19H2,1H3/b11-10+/t21-,22+,23+,24-,25+/m0/s1. The smallest absolute Gasteiger partial charge is 0.0721 e. The first-order chi connectivity index (χ1) is 14.2. The highest BCUT2D eigenvalue weighted by atomic mass is 16.5. The van der Waals surface area contributed by atoms with Crippen LogP contribution in [-0.4, -0.2) is 60.2 Å². The highest BCUT2D eigenvalue weighted by Crippen LogP contribution is 2.48. The maximum absolute atomic E-state index is 10.5. The van der Waals surface area contributed by atoms with Crippen molar-refractivity contribution in [3.63, 3.8) is 0 Å². The summed E-state index contributed by atoms with van der Waals surface area (Å²) >= 11 is 0. The average Bonchev–Trinajstić information content (AvgIpc) is 3.23. The Morgan fingerprint density at radius 3 is 2.79 bits per heavy atom. The maximum Gasteiger partial charge on any atom is 0.0721 e. The van der Waals surface area contributed by atoms with Crippen molar-refractivity contribution in [2.24, 2.45) is 17.8 Å². The van der Waals surface area contributed by atoms with Gasteiger partial charge in [0.1, 0.15) is 0 Å². The van der Waals surface area contributed by atoms with E-state index in [4.69, 9.17) is 4.74 Å². The van der Waals surface area contributed by atoms with Gasteiger partial charge in [0.15, 0.2) is 0 Å². The van der Waals surface area contributed by atoms with Gasteiger partial charge in [-0.25, -0.2) is 0 Å². The van der Waals surface area contributed by atoms with Gasteiger partial charge in [-0.15, -0.1) is 0 Å². The number of unbranched alkanes of at least 4 members (excludes halogenated alkanes) is 4. The third-order valence-electron chi connectivity index (χ3n) is 7.18. The second-order valence-electron chi connectivity index (χ2n) is 9.45. The van der Waals surface area contributed by atoms with Gasteiger partial charge in [-0.3, -0.25) is 4.90 Å². The van der Waals surface area contributed by atoms with Crippen molar-refractivity contribution in [3.8, 4) is 0 Å². The molecule has 0 spiro atoms. The predicted octanol–water partition coefficient (Wildman–Crippen LogP) is 4.32. The van der Waals surface area contributed by atoms with Crippen LogP contribution >= 0.6 is 0 Å². The summed E-state index contributed by atoms with van der Waals surface area (Å²) in [5.74, 6) is 1.31. The zero-order valence-electron chi connectivity index (χ0n) is 18.5. The first kappa shape index (κ1) is 23.0. The summed E-state index contributed by atoms with van der Waals surface area (Å²) in [6, 6.07) is 0. The largest absolute Gasteiger partial charge is 0.392 e. The molecule has 2 aliphatic carbocycles. The second-order valence-corrected chi connectivity index (χ2v) is 9.45. The van der Waals surface area contributed by atoms with Gasteiger partial charge in [-0.05, 0) is 56.9 Å². The van der Waals surface area contributed by atoms with Gasteiger partial charge >= 0.3 is 0 Å². The van der Waals surface area contributed by atoms with Crippen molar-refractivity contribution in [1.82, 2.24) is 4.90 Å². The van der Waals surface area contributed by atoms with E-state index in [1.165, 1.54) is 45.1 Å². The van der Waals surface area contributed by atoms with Crippen LogP contribution in [0.3, 0.4) is 0 Å². The lowest BCUT2D eigenvalue weighted by atomic mass is 9.88. The molecule has 0 amide bonds. The Morgan fingerprint density at radius 2 is 2.00 bits per heavy atom. The minimum Gasteiger partial charge on any atom is -0.392 e. The van der Waals surface area contributed by atoms with Crippen LogP contribution in [0, 0.1) is 17.8 Å². The van der Waals surface area contributed by atoms with Gasteiger partial charge < -0.3 is 14.9 Å². The summed E-state index contributed by atoms with van der Waals surface area (Å²) in [7, 11) is 0. The Bertz CT molecular complexity index is 526. The minimum atomic E-state index is -0.354. The van der Waals surface area contributed by atoms with Crippen LogP contribution in [0.4, 0.5) is 0 Å². The van der Waals surface area contributed by atoms with E-state index < -0.39 is 0 Å². The van der Waals surface area contributed by atoms with Crippen molar-refractivity contribution < 1.29 is 14.9 Å². The molecule has 2 N–H and O–H groups in total. The summed E-state index contributed by atoms with van der Waals surface area (Å²) in [5.41, 5.74) is 1.61. The van der Waals surface area contributed by atoms with Gasteiger partial charge in [0.05, 0.1) is 25.4 Å². The number of allylic oxidation sites excluding steroid dienone is 2. The molecule has 0 unspecified atom stereocenters. The Kier molecular flexibility index (Phi) is 9.71. The van der Waals surface area contributed by atoms with Crippen molar-refractivity contribution in [3.05, 3.63) is 23.8 Å². The molecule has 2 fully saturated rings. The molecule has 0 bridgehead atoms. The summed E-state index contributed by atoms with van der Waals surface area (Å²) in [6.07, 6.45) is 17.4. The highest BCUT2D eigenvalue weighted by molar-refractivity contribution is 5.21. The van der Waals surface area contributed by atoms with E-state index in [0.29, 0.717) is 11.8 Å². The van der Waals surface area contributed by atoms with Crippen molar-refractivity contribution in [2.45, 2.75) is 83.3 Å². The number of fused-ring (bicyclic) bond motifs is 1. The first-order valence-electron chi connectivity index (χ1n) is 12.2. The molecule has 4 nitrogen and oxygen atoms in total. The number of nitrogens with zero attached hydrogens (tertiary/aromatic N) is 1. The van der Waals surface area contributed by atoms with E-state index >= 15 is 0 Å². The fraction of sp³-hybridized carbons (Fsp3) is 0.840. The number of hydrogen-bond acceptors (Lipinski definition) is 4. The molecule has 29 heavy (non-hydrogen) atoms. The van der Waals surface area contributed by atoms with E-state index in [-0.39, 0.29) is 18.1 Å². The average molecular weight is 406 g/mol. The Balaban J connectivity index is 1.34. The number of hydrogen-bond donors (Lipinski definition) is 2. The molecular weight excluding hydrogens is 362 g/mol. The SMILES string of the molecule is CCCCC[C@@H](O)/C=C/[C@@H]1[C@H]2CC(CCCCCN3CCOCC3)=C[C@H]2C[C@H]1O. The zero-order valence-corrected chi connectivity index (χ0v) is 18.5. The number of ether oxygens (including phenoxy) is 1. The van der Waals surface area contributed by atoms with Crippen LogP contribution in [0.5, 0.6) is 0 Å². The van der Waals surface area contributed by atoms with Crippen LogP contribution in [0.25, 0.3) is 0 Å². The van der Waals surface area contributed by atoms with Crippen molar-refractivity contribution >= 4 is 0 Å². The monoisotopic (exact) mass is 405 g/mol. The molecule has 3 rings (SSSR count).